The number of anilines is 1. The van der Waals surface area contributed by atoms with Crippen molar-refractivity contribution in [3.8, 4) is 0 Å². The molecule has 0 aliphatic carbocycles. The van der Waals surface area contributed by atoms with Crippen molar-refractivity contribution < 1.29 is 31.4 Å². The standard InChI is InChI=1S/C9H6BrF6NO/c10-5-2-1-4(3-6(5)17)7(18,8(11,12)13)9(14,15)16/h1-3,18H,17H2. The van der Waals surface area contributed by atoms with Crippen molar-refractivity contribution in [1.29, 1.82) is 0 Å². The maximum Gasteiger partial charge on any atom is 0.430 e. The molecule has 0 bridgehead atoms. The second-order valence-corrected chi connectivity index (χ2v) is 4.30. The van der Waals surface area contributed by atoms with E-state index in [2.05, 4.69) is 15.9 Å². The topological polar surface area (TPSA) is 46.2 Å². The lowest BCUT2D eigenvalue weighted by Crippen LogP contribution is -2.53. The van der Waals surface area contributed by atoms with Crippen LogP contribution >= 0.6 is 15.9 Å². The van der Waals surface area contributed by atoms with Crippen molar-refractivity contribution >= 4 is 21.6 Å². The Labute approximate surface area is 106 Å². The van der Waals surface area contributed by atoms with Crippen LogP contribution in [-0.4, -0.2) is 17.5 Å². The van der Waals surface area contributed by atoms with E-state index in [1.807, 2.05) is 0 Å². The quantitative estimate of drug-likeness (QED) is 0.609. The Kier molecular flexibility index (Phi) is 3.61. The highest BCUT2D eigenvalue weighted by atomic mass is 79.9. The summed E-state index contributed by atoms with van der Waals surface area (Å²) in [5, 5.41) is 9.05. The molecule has 0 saturated carbocycles. The molecular weight excluding hydrogens is 332 g/mol. The van der Waals surface area contributed by atoms with Crippen LogP contribution in [0.1, 0.15) is 5.56 Å². The Morgan fingerprint density at radius 1 is 1.00 bits per heavy atom. The molecule has 0 radical (unpaired) electrons. The van der Waals surface area contributed by atoms with E-state index in [4.69, 9.17) is 10.8 Å². The summed E-state index contributed by atoms with van der Waals surface area (Å²) in [4.78, 5) is 0. The second-order valence-electron chi connectivity index (χ2n) is 3.44. The molecule has 9 heteroatoms. The number of alkyl halides is 6. The van der Waals surface area contributed by atoms with Crippen molar-refractivity contribution in [3.05, 3.63) is 28.2 Å². The largest absolute Gasteiger partial charge is 0.430 e. The van der Waals surface area contributed by atoms with Crippen LogP contribution in [0.25, 0.3) is 0 Å². The molecule has 0 fully saturated rings. The number of hydrogen-bond donors (Lipinski definition) is 2. The zero-order valence-electron chi connectivity index (χ0n) is 8.40. The summed E-state index contributed by atoms with van der Waals surface area (Å²) in [6, 6.07) is 1.82. The highest BCUT2D eigenvalue weighted by molar-refractivity contribution is 9.10. The maximum absolute atomic E-state index is 12.5. The molecule has 1 aromatic carbocycles. The van der Waals surface area contributed by atoms with E-state index in [1.54, 1.807) is 0 Å². The van der Waals surface area contributed by atoms with Gasteiger partial charge < -0.3 is 10.8 Å². The second kappa shape index (κ2) is 4.30. The van der Waals surface area contributed by atoms with Gasteiger partial charge in [0.15, 0.2) is 0 Å². The normalized spacial score (nSPS) is 13.8. The van der Waals surface area contributed by atoms with Gasteiger partial charge >= 0.3 is 12.4 Å². The van der Waals surface area contributed by atoms with E-state index in [1.165, 1.54) is 0 Å². The summed E-state index contributed by atoms with van der Waals surface area (Å²) in [5.41, 5.74) is -1.47. The summed E-state index contributed by atoms with van der Waals surface area (Å²) in [5.74, 6) is 0. The number of benzene rings is 1. The molecule has 0 aliphatic rings. The number of nitrogen functional groups attached to an aromatic ring is 1. The van der Waals surface area contributed by atoms with E-state index < -0.39 is 23.5 Å². The number of aliphatic hydroxyl groups is 1. The smallest absolute Gasteiger partial charge is 0.398 e. The molecule has 0 heterocycles. The Balaban J connectivity index is 3.51. The van der Waals surface area contributed by atoms with Gasteiger partial charge in [-0.25, -0.2) is 0 Å². The Hall–Kier alpha value is -0.960. The summed E-state index contributed by atoms with van der Waals surface area (Å²) < 4.78 is 75.1. The summed E-state index contributed by atoms with van der Waals surface area (Å²) >= 11 is 2.83. The highest BCUT2D eigenvalue weighted by Gasteiger charge is 2.71. The van der Waals surface area contributed by atoms with Crippen molar-refractivity contribution in [1.82, 2.24) is 0 Å². The fourth-order valence-electron chi connectivity index (χ4n) is 1.26. The summed E-state index contributed by atoms with van der Waals surface area (Å²) in [7, 11) is 0. The fraction of sp³-hybridized carbons (Fsp3) is 0.333. The first kappa shape index (κ1) is 15.1. The molecule has 2 nitrogen and oxygen atoms in total. The van der Waals surface area contributed by atoms with Crippen molar-refractivity contribution in [2.24, 2.45) is 0 Å². The van der Waals surface area contributed by atoms with E-state index in [0.717, 1.165) is 6.07 Å². The van der Waals surface area contributed by atoms with Crippen molar-refractivity contribution in [2.75, 3.05) is 5.73 Å². The molecule has 102 valence electrons. The van der Waals surface area contributed by atoms with Crippen molar-refractivity contribution in [2.45, 2.75) is 18.0 Å². The third-order valence-electron chi connectivity index (χ3n) is 2.23. The third kappa shape index (κ3) is 2.28. The highest BCUT2D eigenvalue weighted by Crippen LogP contribution is 2.50. The first-order chi connectivity index (χ1) is 7.91. The van der Waals surface area contributed by atoms with Crippen LogP contribution in [-0.2, 0) is 5.60 Å². The van der Waals surface area contributed by atoms with Gasteiger partial charge in [-0.2, -0.15) is 26.3 Å². The Bertz CT molecular complexity index is 441. The average Bonchev–Trinajstić information content (AvgIpc) is 2.17. The zero-order chi connectivity index (χ0) is 14.4. The van der Waals surface area contributed by atoms with Crippen LogP contribution in [0.3, 0.4) is 0 Å². The maximum atomic E-state index is 12.5. The molecular formula is C9H6BrF6NO. The molecule has 0 aliphatic heterocycles. The molecule has 0 saturated heterocycles. The molecule has 1 rings (SSSR count). The Morgan fingerprint density at radius 2 is 1.44 bits per heavy atom. The van der Waals surface area contributed by atoms with Gasteiger partial charge in [-0.3, -0.25) is 0 Å². The summed E-state index contributed by atoms with van der Waals surface area (Å²) in [6.45, 7) is 0. The molecule has 0 aromatic heterocycles. The third-order valence-corrected chi connectivity index (χ3v) is 2.96. The van der Waals surface area contributed by atoms with Crippen LogP contribution in [0, 0.1) is 0 Å². The van der Waals surface area contributed by atoms with Gasteiger partial charge in [0.05, 0.1) is 0 Å². The van der Waals surface area contributed by atoms with Crippen LogP contribution in [0.4, 0.5) is 32.0 Å². The van der Waals surface area contributed by atoms with Crippen molar-refractivity contribution in [3.63, 3.8) is 0 Å². The predicted octanol–water partition coefficient (Wildman–Crippen LogP) is 3.34. The van der Waals surface area contributed by atoms with Gasteiger partial charge in [-0.15, -0.1) is 0 Å². The molecule has 0 atom stereocenters. The number of nitrogens with two attached hydrogens (primary N) is 1. The number of rotatable bonds is 1. The molecule has 0 spiro atoms. The minimum Gasteiger partial charge on any atom is -0.398 e. The molecule has 3 N–H and O–H groups in total. The molecule has 0 amide bonds. The lowest BCUT2D eigenvalue weighted by Gasteiger charge is -2.32. The van der Waals surface area contributed by atoms with Crippen LogP contribution in [0.2, 0.25) is 0 Å². The zero-order valence-corrected chi connectivity index (χ0v) is 9.99. The Morgan fingerprint density at radius 3 is 1.78 bits per heavy atom. The first-order valence-corrected chi connectivity index (χ1v) is 5.12. The molecule has 0 unspecified atom stereocenters. The van der Waals surface area contributed by atoms with Crippen LogP contribution in [0.15, 0.2) is 22.7 Å². The van der Waals surface area contributed by atoms with E-state index in [0.29, 0.717) is 12.1 Å². The minimum atomic E-state index is -5.91. The first-order valence-electron chi connectivity index (χ1n) is 4.32. The van der Waals surface area contributed by atoms with E-state index in [-0.39, 0.29) is 10.2 Å². The minimum absolute atomic E-state index is 0.123. The average molecular weight is 338 g/mol. The monoisotopic (exact) mass is 337 g/mol. The summed E-state index contributed by atoms with van der Waals surface area (Å²) in [6.07, 6.45) is -11.8. The van der Waals surface area contributed by atoms with Gasteiger partial charge in [-0.1, -0.05) is 6.07 Å². The van der Waals surface area contributed by atoms with Gasteiger partial charge in [0.2, 0.25) is 0 Å². The molecule has 1 aromatic rings. The predicted molar refractivity (Wildman–Crippen MR) is 54.6 cm³/mol. The SMILES string of the molecule is Nc1cc(C(O)(C(F)(F)F)C(F)(F)F)ccc1Br. The van der Waals surface area contributed by atoms with Gasteiger partial charge in [0.25, 0.3) is 5.60 Å². The van der Waals surface area contributed by atoms with Crippen LogP contribution in [0.5, 0.6) is 0 Å². The van der Waals surface area contributed by atoms with Crippen LogP contribution < -0.4 is 5.73 Å². The molecule has 18 heavy (non-hydrogen) atoms. The van der Waals surface area contributed by atoms with Gasteiger partial charge in [0, 0.05) is 15.7 Å². The lowest BCUT2D eigenvalue weighted by molar-refractivity contribution is -0.376. The number of halogens is 7. The van der Waals surface area contributed by atoms with E-state index >= 15 is 0 Å². The fourth-order valence-corrected chi connectivity index (χ4v) is 1.50. The van der Waals surface area contributed by atoms with E-state index in [9.17, 15) is 26.3 Å². The van der Waals surface area contributed by atoms with Gasteiger partial charge in [-0.05, 0) is 28.1 Å². The lowest BCUT2D eigenvalue weighted by atomic mass is 9.92. The van der Waals surface area contributed by atoms with Gasteiger partial charge in [0.1, 0.15) is 0 Å². The number of hydrogen-bond acceptors (Lipinski definition) is 2.